The van der Waals surface area contributed by atoms with Crippen molar-refractivity contribution in [1.29, 1.82) is 0 Å². The molecule has 1 aromatic rings. The van der Waals surface area contributed by atoms with Crippen molar-refractivity contribution in [2.45, 2.75) is 18.9 Å². The molecule has 1 rings (SSSR count). The van der Waals surface area contributed by atoms with Gasteiger partial charge < -0.3 is 4.12 Å². The first kappa shape index (κ1) is 9.70. The zero-order valence-corrected chi connectivity index (χ0v) is 11.4. The normalized spacial score (nSPS) is 12.8. The van der Waals surface area contributed by atoms with Crippen molar-refractivity contribution in [2.75, 3.05) is 0 Å². The molecule has 66 valence electrons. The highest BCUT2D eigenvalue weighted by molar-refractivity contribution is 6.38. The van der Waals surface area contributed by atoms with Crippen molar-refractivity contribution in [3.8, 4) is 0 Å². The Hall–Kier alpha value is -0.386. The molecule has 1 aromatic carbocycles. The fraction of sp³-hybridized carbons (Fsp3) is 0.333. The minimum Gasteiger partial charge on any atom is -0.467 e. The van der Waals surface area contributed by atoms with E-state index in [1.807, 2.05) is 0 Å². The van der Waals surface area contributed by atoms with Crippen molar-refractivity contribution in [3.05, 3.63) is 35.9 Å². The molecular weight excluding hydrogens is 180 g/mol. The van der Waals surface area contributed by atoms with Crippen molar-refractivity contribution in [1.82, 2.24) is 0 Å². The van der Waals surface area contributed by atoms with E-state index in [-0.39, 0.29) is 9.76 Å². The molecule has 0 saturated heterocycles. The Labute approximate surface area is 79.6 Å². The molecule has 0 aliphatic heterocycles. The molecule has 3 heteroatoms. The van der Waals surface area contributed by atoms with Crippen LogP contribution in [-0.2, 0) is 9.15 Å². The molecule has 0 amide bonds. The first-order chi connectivity index (χ1) is 5.67. The highest BCUT2D eigenvalue weighted by Gasteiger charge is 2.19. The van der Waals surface area contributed by atoms with Gasteiger partial charge in [0.05, 0.1) is 0 Å². The summed E-state index contributed by atoms with van der Waals surface area (Å²) in [5.74, 6) is 0. The van der Waals surface area contributed by atoms with Crippen LogP contribution in [0.4, 0.5) is 0 Å². The van der Waals surface area contributed by atoms with Crippen molar-refractivity contribution in [3.63, 3.8) is 0 Å². The average molecular weight is 196 g/mol. The van der Waals surface area contributed by atoms with Gasteiger partial charge in [0.15, 0.2) is 9.76 Å². The summed E-state index contributed by atoms with van der Waals surface area (Å²) in [7, 11) is 0.496. The van der Waals surface area contributed by atoms with E-state index in [9.17, 15) is 0 Å². The first-order valence-corrected chi connectivity index (χ1v) is 6.31. The van der Waals surface area contributed by atoms with Gasteiger partial charge in [-0.25, -0.2) is 0 Å². The molecule has 1 nitrogen and oxygen atoms in total. The van der Waals surface area contributed by atoms with Crippen LogP contribution in [0.25, 0.3) is 0 Å². The number of hydrogen-bond acceptors (Lipinski definition) is 1. The predicted molar refractivity (Wildman–Crippen MR) is 59.0 cm³/mol. The fourth-order valence-corrected chi connectivity index (χ4v) is 4.62. The van der Waals surface area contributed by atoms with Gasteiger partial charge in [-0.2, -0.15) is 0 Å². The lowest BCUT2D eigenvalue weighted by molar-refractivity contribution is 0.586. The van der Waals surface area contributed by atoms with Gasteiger partial charge in [-0.1, -0.05) is 44.2 Å². The second kappa shape index (κ2) is 4.02. The Balaban J connectivity index is 2.82. The molecule has 0 heterocycles. The molecular formula is C9H16OSi2. The van der Waals surface area contributed by atoms with E-state index in [4.69, 9.17) is 4.12 Å². The Morgan fingerprint density at radius 1 is 1.25 bits per heavy atom. The smallest absolute Gasteiger partial charge is 0.155 e. The van der Waals surface area contributed by atoms with Gasteiger partial charge in [0.1, 0.15) is 10.5 Å². The Morgan fingerprint density at radius 3 is 2.33 bits per heavy atom. The van der Waals surface area contributed by atoms with Crippen LogP contribution < -0.4 is 0 Å². The summed E-state index contributed by atoms with van der Waals surface area (Å²) in [5, 5.41) is 0.295. The summed E-state index contributed by atoms with van der Waals surface area (Å²) in [4.78, 5) is 0. The highest BCUT2D eigenvalue weighted by atomic mass is 28.3. The molecule has 0 radical (unpaired) electrons. The lowest BCUT2D eigenvalue weighted by Crippen LogP contribution is -2.27. The zero-order chi connectivity index (χ0) is 9.03. The maximum Gasteiger partial charge on any atom is 0.155 e. The molecule has 0 spiro atoms. The van der Waals surface area contributed by atoms with Gasteiger partial charge in [-0.15, -0.1) is 0 Å². The van der Waals surface area contributed by atoms with Gasteiger partial charge in [0, 0.05) is 5.04 Å². The van der Waals surface area contributed by atoms with Crippen LogP contribution in [0.5, 0.6) is 0 Å². The Bertz CT molecular complexity index is 234. The molecule has 0 aliphatic rings. The minimum atomic E-state index is -0.387. The maximum atomic E-state index is 5.44. The monoisotopic (exact) mass is 196 g/mol. The van der Waals surface area contributed by atoms with Crippen molar-refractivity contribution in [2.24, 2.45) is 0 Å². The van der Waals surface area contributed by atoms with E-state index in [1.54, 1.807) is 0 Å². The average Bonchev–Trinajstić information content (AvgIpc) is 2.06. The Morgan fingerprint density at radius 2 is 1.83 bits per heavy atom. The second-order valence-electron chi connectivity index (χ2n) is 3.68. The summed E-state index contributed by atoms with van der Waals surface area (Å²) >= 11 is 0. The molecule has 0 atom stereocenters. The van der Waals surface area contributed by atoms with Crippen LogP contribution in [0.15, 0.2) is 30.3 Å². The second-order valence-corrected chi connectivity index (χ2v) is 8.05. The topological polar surface area (TPSA) is 9.23 Å². The molecule has 12 heavy (non-hydrogen) atoms. The largest absolute Gasteiger partial charge is 0.467 e. The number of benzene rings is 1. The van der Waals surface area contributed by atoms with Gasteiger partial charge in [0.2, 0.25) is 0 Å². The summed E-state index contributed by atoms with van der Waals surface area (Å²) in [5.41, 5.74) is 1.41. The van der Waals surface area contributed by atoms with Gasteiger partial charge in [0.25, 0.3) is 0 Å². The fourth-order valence-electron chi connectivity index (χ4n) is 1.33. The third-order valence-corrected chi connectivity index (χ3v) is 4.35. The number of hydrogen-bond donors (Lipinski definition) is 0. The standard InChI is InChI=1S/C9H16OSi2/c1-9(2,12-10-11)8-6-4-3-5-7-8/h3-7H,12H2,1-2,11H3. The van der Waals surface area contributed by atoms with E-state index in [0.717, 1.165) is 10.5 Å². The molecule has 0 unspecified atom stereocenters. The summed E-state index contributed by atoms with van der Waals surface area (Å²) in [6.07, 6.45) is 0. The van der Waals surface area contributed by atoms with Crippen molar-refractivity contribution >= 4 is 20.2 Å². The van der Waals surface area contributed by atoms with Gasteiger partial charge >= 0.3 is 0 Å². The molecule has 0 N–H and O–H groups in total. The van der Waals surface area contributed by atoms with Crippen LogP contribution in [0.2, 0.25) is 0 Å². The lowest BCUT2D eigenvalue weighted by atomic mass is 10.0. The number of rotatable bonds is 3. The van der Waals surface area contributed by atoms with E-state index in [0.29, 0.717) is 5.04 Å². The third-order valence-electron chi connectivity index (χ3n) is 2.06. The quantitative estimate of drug-likeness (QED) is 0.632. The lowest BCUT2D eigenvalue weighted by Gasteiger charge is -2.23. The molecule has 0 saturated carbocycles. The highest BCUT2D eigenvalue weighted by Crippen LogP contribution is 2.20. The van der Waals surface area contributed by atoms with E-state index in [2.05, 4.69) is 44.2 Å². The minimum absolute atomic E-state index is 0.295. The molecule has 0 aliphatic carbocycles. The van der Waals surface area contributed by atoms with Crippen LogP contribution in [0.3, 0.4) is 0 Å². The van der Waals surface area contributed by atoms with Crippen LogP contribution in [-0.4, -0.2) is 20.2 Å². The maximum absolute atomic E-state index is 5.44. The van der Waals surface area contributed by atoms with E-state index >= 15 is 0 Å². The Kier molecular flexibility index (Phi) is 3.25. The molecule has 0 aromatic heterocycles. The summed E-state index contributed by atoms with van der Waals surface area (Å²) < 4.78 is 5.44. The zero-order valence-electron chi connectivity index (χ0n) is 8.00. The van der Waals surface area contributed by atoms with Crippen LogP contribution >= 0.6 is 0 Å². The molecule has 0 fully saturated rings. The van der Waals surface area contributed by atoms with E-state index in [1.165, 1.54) is 5.56 Å². The summed E-state index contributed by atoms with van der Waals surface area (Å²) in [6.45, 7) is 4.54. The summed E-state index contributed by atoms with van der Waals surface area (Å²) in [6, 6.07) is 10.6. The third kappa shape index (κ3) is 2.30. The first-order valence-electron chi connectivity index (χ1n) is 4.21. The van der Waals surface area contributed by atoms with Crippen molar-refractivity contribution < 1.29 is 4.12 Å². The molecule has 0 bridgehead atoms. The SMILES string of the molecule is CC(C)([SiH2]O[SiH3])c1ccccc1. The van der Waals surface area contributed by atoms with Crippen LogP contribution in [0, 0.1) is 0 Å². The predicted octanol–water partition coefficient (Wildman–Crippen LogP) is 0.302. The van der Waals surface area contributed by atoms with Crippen LogP contribution in [0.1, 0.15) is 19.4 Å². The van der Waals surface area contributed by atoms with E-state index < -0.39 is 0 Å². The van der Waals surface area contributed by atoms with Gasteiger partial charge in [-0.3, -0.25) is 0 Å². The van der Waals surface area contributed by atoms with Gasteiger partial charge in [-0.05, 0) is 5.56 Å².